The molecule has 31 heavy (non-hydrogen) atoms. The van der Waals surface area contributed by atoms with E-state index >= 15 is 0 Å². The number of aliphatic hydroxyl groups is 1. The number of ether oxygens (including phenoxy) is 2. The molecule has 1 spiro atoms. The Morgan fingerprint density at radius 1 is 1.35 bits per heavy atom. The van der Waals surface area contributed by atoms with Crippen molar-refractivity contribution in [3.8, 4) is 0 Å². The van der Waals surface area contributed by atoms with Gasteiger partial charge in [0.15, 0.2) is 0 Å². The van der Waals surface area contributed by atoms with Crippen LogP contribution in [0.4, 0.5) is 0 Å². The van der Waals surface area contributed by atoms with Crippen LogP contribution in [0.15, 0.2) is 12.7 Å². The van der Waals surface area contributed by atoms with Crippen LogP contribution in [0.3, 0.4) is 0 Å². The summed E-state index contributed by atoms with van der Waals surface area (Å²) in [7, 11) is 0. The van der Waals surface area contributed by atoms with Gasteiger partial charge in [0, 0.05) is 19.6 Å². The molecular weight excluding hydrogens is 400 g/mol. The maximum Gasteiger partial charge on any atom is 0.312 e. The van der Waals surface area contributed by atoms with Crippen molar-refractivity contribution >= 4 is 17.8 Å². The van der Waals surface area contributed by atoms with Crippen LogP contribution >= 0.6 is 0 Å². The minimum absolute atomic E-state index is 0.0278. The Morgan fingerprint density at radius 2 is 2.10 bits per heavy atom. The predicted octanol–water partition coefficient (Wildman–Crippen LogP) is 1.51. The number of nitrogens with zero attached hydrogens (tertiary/aromatic N) is 2. The quantitative estimate of drug-likeness (QED) is 0.300. The third-order valence-electron chi connectivity index (χ3n) is 7.08. The van der Waals surface area contributed by atoms with Crippen molar-refractivity contribution < 1.29 is 29.0 Å². The molecule has 174 valence electrons. The van der Waals surface area contributed by atoms with Gasteiger partial charge in [0.2, 0.25) is 11.8 Å². The molecule has 3 heterocycles. The fourth-order valence-electron chi connectivity index (χ4n) is 5.82. The van der Waals surface area contributed by atoms with Gasteiger partial charge in [-0.2, -0.15) is 0 Å². The van der Waals surface area contributed by atoms with Crippen molar-refractivity contribution in [2.24, 2.45) is 11.8 Å². The number of hydrogen-bond donors (Lipinski definition) is 1. The Labute approximate surface area is 184 Å². The fourth-order valence-corrected chi connectivity index (χ4v) is 5.82. The van der Waals surface area contributed by atoms with E-state index in [1.807, 2.05) is 6.92 Å². The van der Waals surface area contributed by atoms with Gasteiger partial charge in [0.1, 0.15) is 17.6 Å². The number of hydrogen-bond acceptors (Lipinski definition) is 6. The van der Waals surface area contributed by atoms with Crippen LogP contribution in [-0.2, 0) is 23.9 Å². The van der Waals surface area contributed by atoms with Crippen molar-refractivity contribution in [3.63, 3.8) is 0 Å². The van der Waals surface area contributed by atoms with Gasteiger partial charge < -0.3 is 24.4 Å². The number of amides is 2. The molecular formula is C23H36N2O6. The largest absolute Gasteiger partial charge is 0.466 e. The van der Waals surface area contributed by atoms with Crippen LogP contribution in [0.1, 0.15) is 52.9 Å². The van der Waals surface area contributed by atoms with E-state index in [0.717, 1.165) is 19.3 Å². The van der Waals surface area contributed by atoms with Crippen molar-refractivity contribution in [3.05, 3.63) is 12.7 Å². The number of rotatable bonds is 11. The zero-order chi connectivity index (χ0) is 22.8. The first kappa shape index (κ1) is 23.7. The molecule has 0 aromatic rings. The number of esters is 1. The fraction of sp³-hybridized carbons (Fsp3) is 0.783. The highest BCUT2D eigenvalue weighted by atomic mass is 16.6. The molecule has 0 aromatic carbocycles. The summed E-state index contributed by atoms with van der Waals surface area (Å²) in [5.74, 6) is -2.48. The summed E-state index contributed by atoms with van der Waals surface area (Å²) in [5, 5.41) is 9.63. The van der Waals surface area contributed by atoms with Gasteiger partial charge in [-0.3, -0.25) is 14.4 Å². The summed E-state index contributed by atoms with van der Waals surface area (Å²) in [6, 6.07) is -0.861. The van der Waals surface area contributed by atoms with E-state index in [0.29, 0.717) is 25.9 Å². The standard InChI is InChI=1S/C23H36N2O6/c1-5-8-9-13-24(12-6-2)20(28)18-23-11-10-22(4,31-23)17(21(29)30-7-3)16(23)19(27)25(18)14-15-26/h6,16-18,26H,2,5,7-15H2,1,3-4H3/t16-,17-,18?,22+,23?/m0/s1. The van der Waals surface area contributed by atoms with E-state index in [2.05, 4.69) is 13.5 Å². The third-order valence-corrected chi connectivity index (χ3v) is 7.08. The van der Waals surface area contributed by atoms with Gasteiger partial charge in [0.25, 0.3) is 0 Å². The molecule has 3 rings (SSSR count). The molecule has 8 heteroatoms. The average Bonchev–Trinajstić information content (AvgIpc) is 3.29. The van der Waals surface area contributed by atoms with Crippen LogP contribution in [-0.4, -0.2) is 82.8 Å². The second kappa shape index (κ2) is 9.28. The second-order valence-electron chi connectivity index (χ2n) is 9.01. The first-order valence-corrected chi connectivity index (χ1v) is 11.5. The minimum atomic E-state index is -1.07. The molecule has 0 aromatic heterocycles. The topological polar surface area (TPSA) is 96.4 Å². The molecule has 3 aliphatic heterocycles. The molecule has 8 nitrogen and oxygen atoms in total. The first-order chi connectivity index (χ1) is 14.8. The summed E-state index contributed by atoms with van der Waals surface area (Å²) in [6.07, 6.45) is 5.67. The minimum Gasteiger partial charge on any atom is -0.466 e. The van der Waals surface area contributed by atoms with Gasteiger partial charge in [-0.15, -0.1) is 6.58 Å². The molecule has 3 saturated heterocycles. The molecule has 2 bridgehead atoms. The Hall–Kier alpha value is -1.93. The lowest BCUT2D eigenvalue weighted by Gasteiger charge is -2.36. The SMILES string of the molecule is C=CCN(CCCCC)C(=O)C1N(CCO)C(=O)[C@@H]2[C@@H](C(=O)OCC)[C@@]3(C)CCC12O3. The molecule has 0 aliphatic carbocycles. The van der Waals surface area contributed by atoms with Crippen LogP contribution in [0.2, 0.25) is 0 Å². The van der Waals surface area contributed by atoms with Gasteiger partial charge in [0.05, 0.1) is 24.7 Å². The van der Waals surface area contributed by atoms with Gasteiger partial charge in [-0.05, 0) is 33.1 Å². The molecule has 2 unspecified atom stereocenters. The summed E-state index contributed by atoms with van der Waals surface area (Å²) in [6.45, 7) is 10.4. The number of β-amino-alcohol motifs (C(OH)–C–C–N with tert-alkyl or cyclic N) is 1. The zero-order valence-corrected chi connectivity index (χ0v) is 19.0. The van der Waals surface area contributed by atoms with Crippen LogP contribution < -0.4 is 0 Å². The predicted molar refractivity (Wildman–Crippen MR) is 114 cm³/mol. The Balaban J connectivity index is 1.99. The molecule has 5 atom stereocenters. The van der Waals surface area contributed by atoms with Crippen molar-refractivity contribution in [2.45, 2.75) is 70.1 Å². The molecule has 2 amide bonds. The molecule has 0 radical (unpaired) electrons. The van der Waals surface area contributed by atoms with Gasteiger partial charge in [-0.25, -0.2) is 0 Å². The van der Waals surface area contributed by atoms with Crippen LogP contribution in [0.5, 0.6) is 0 Å². The summed E-state index contributed by atoms with van der Waals surface area (Å²) in [4.78, 5) is 43.3. The van der Waals surface area contributed by atoms with Gasteiger partial charge >= 0.3 is 5.97 Å². The maximum absolute atomic E-state index is 13.8. The van der Waals surface area contributed by atoms with Crippen molar-refractivity contribution in [1.82, 2.24) is 9.80 Å². The molecule has 0 saturated carbocycles. The Bertz CT molecular complexity index is 727. The van der Waals surface area contributed by atoms with Crippen LogP contribution in [0, 0.1) is 11.8 Å². The smallest absolute Gasteiger partial charge is 0.312 e. The molecule has 3 aliphatic rings. The third kappa shape index (κ3) is 3.78. The van der Waals surface area contributed by atoms with E-state index in [1.165, 1.54) is 4.90 Å². The maximum atomic E-state index is 13.8. The number of carbonyl (C=O) groups is 3. The van der Waals surface area contributed by atoms with E-state index in [9.17, 15) is 19.5 Å². The number of carbonyl (C=O) groups excluding carboxylic acids is 3. The highest BCUT2D eigenvalue weighted by Crippen LogP contribution is 2.63. The van der Waals surface area contributed by atoms with E-state index in [1.54, 1.807) is 17.9 Å². The lowest BCUT2D eigenvalue weighted by atomic mass is 9.66. The number of aliphatic hydroxyl groups excluding tert-OH is 1. The Kier molecular flexibility index (Phi) is 7.11. The van der Waals surface area contributed by atoms with Crippen molar-refractivity contribution in [2.75, 3.05) is 32.8 Å². The second-order valence-corrected chi connectivity index (χ2v) is 9.01. The highest BCUT2D eigenvalue weighted by molar-refractivity contribution is 5.98. The molecule has 3 fully saturated rings. The normalized spacial score (nSPS) is 33.5. The summed E-state index contributed by atoms with van der Waals surface area (Å²) >= 11 is 0. The monoisotopic (exact) mass is 436 g/mol. The molecule has 1 N–H and O–H groups in total. The highest BCUT2D eigenvalue weighted by Gasteiger charge is 2.78. The van der Waals surface area contributed by atoms with Crippen molar-refractivity contribution in [1.29, 1.82) is 0 Å². The Morgan fingerprint density at radius 3 is 2.71 bits per heavy atom. The first-order valence-electron chi connectivity index (χ1n) is 11.5. The summed E-state index contributed by atoms with van der Waals surface area (Å²) < 4.78 is 11.8. The van der Waals surface area contributed by atoms with E-state index < -0.39 is 35.0 Å². The zero-order valence-electron chi connectivity index (χ0n) is 19.0. The van der Waals surface area contributed by atoms with Gasteiger partial charge in [-0.1, -0.05) is 25.8 Å². The average molecular weight is 437 g/mol. The van der Waals surface area contributed by atoms with E-state index in [4.69, 9.17) is 9.47 Å². The number of unbranched alkanes of at least 4 members (excludes halogenated alkanes) is 2. The van der Waals surface area contributed by atoms with E-state index in [-0.39, 0.29) is 31.6 Å². The lowest BCUT2D eigenvalue weighted by molar-refractivity contribution is -0.160. The lowest BCUT2D eigenvalue weighted by Crippen LogP contribution is -2.56. The number of likely N-dealkylation sites (tertiary alicyclic amines) is 1. The summed E-state index contributed by atoms with van der Waals surface area (Å²) in [5.41, 5.74) is -1.90. The van der Waals surface area contributed by atoms with Crippen LogP contribution in [0.25, 0.3) is 0 Å². The number of fused-ring (bicyclic) bond motifs is 1.